The molecule has 186 valence electrons. The number of rotatable bonds is 8. The lowest BCUT2D eigenvalue weighted by molar-refractivity contribution is -0.123. The molecule has 4 rings (SSSR count). The topological polar surface area (TPSA) is 131 Å². The first-order valence-electron chi connectivity index (χ1n) is 11.4. The van der Waals surface area contributed by atoms with E-state index in [9.17, 15) is 18.0 Å². The van der Waals surface area contributed by atoms with Gasteiger partial charge in [-0.15, -0.1) is 0 Å². The molecule has 1 aliphatic rings. The van der Waals surface area contributed by atoms with Crippen LogP contribution in [0.15, 0.2) is 53.4 Å². The third-order valence-corrected chi connectivity index (χ3v) is 7.85. The zero-order chi connectivity index (χ0) is 24.8. The molecule has 2 amide bonds. The Bertz CT molecular complexity index is 1270. The molecule has 0 bridgehead atoms. The van der Waals surface area contributed by atoms with Crippen molar-refractivity contribution in [2.45, 2.75) is 43.2 Å². The second-order valence-electron chi connectivity index (χ2n) is 8.22. The van der Waals surface area contributed by atoms with Crippen LogP contribution in [0, 0.1) is 0 Å². The molecule has 0 aliphatic carbocycles. The number of amides is 2. The van der Waals surface area contributed by atoms with Gasteiger partial charge in [-0.05, 0) is 43.9 Å². The first kappa shape index (κ1) is 25.0. The average molecular weight is 518 g/mol. The predicted octanol–water partition coefficient (Wildman–Crippen LogP) is 2.32. The highest BCUT2D eigenvalue weighted by Gasteiger charge is 2.31. The van der Waals surface area contributed by atoms with E-state index in [0.717, 1.165) is 17.3 Å². The molecule has 35 heavy (non-hydrogen) atoms. The van der Waals surface area contributed by atoms with E-state index in [4.69, 9.17) is 4.74 Å². The maximum Gasteiger partial charge on any atom is 0.409 e. The van der Waals surface area contributed by atoms with E-state index in [1.54, 1.807) is 24.0 Å². The van der Waals surface area contributed by atoms with Crippen LogP contribution in [0.2, 0.25) is 0 Å². The molecular weight excluding hydrogens is 490 g/mol. The van der Waals surface area contributed by atoms with Gasteiger partial charge in [-0.3, -0.25) is 4.79 Å². The molecule has 1 fully saturated rings. The molecule has 0 radical (unpaired) electrons. The van der Waals surface area contributed by atoms with Crippen molar-refractivity contribution in [3.63, 3.8) is 0 Å². The van der Waals surface area contributed by atoms with E-state index < -0.39 is 22.0 Å². The molecular formula is C23H27N5O5S2. The Kier molecular flexibility index (Phi) is 7.93. The zero-order valence-corrected chi connectivity index (χ0v) is 20.8. The van der Waals surface area contributed by atoms with Crippen molar-refractivity contribution in [2.24, 2.45) is 0 Å². The van der Waals surface area contributed by atoms with Crippen LogP contribution >= 0.6 is 11.7 Å². The van der Waals surface area contributed by atoms with E-state index in [2.05, 4.69) is 18.8 Å². The number of hydrogen-bond donors (Lipinski definition) is 2. The molecule has 1 saturated heterocycles. The molecule has 3 aromatic rings. The van der Waals surface area contributed by atoms with Crippen molar-refractivity contribution >= 4 is 44.8 Å². The number of likely N-dealkylation sites (tertiary alicyclic amines) is 1. The van der Waals surface area contributed by atoms with Gasteiger partial charge in [0.2, 0.25) is 15.9 Å². The molecule has 1 aliphatic heterocycles. The lowest BCUT2D eigenvalue weighted by Gasteiger charge is -2.32. The fourth-order valence-electron chi connectivity index (χ4n) is 4.01. The molecule has 0 spiro atoms. The largest absolute Gasteiger partial charge is 0.450 e. The summed E-state index contributed by atoms with van der Waals surface area (Å²) in [5.74, 6) is -0.421. The van der Waals surface area contributed by atoms with Gasteiger partial charge in [0.25, 0.3) is 0 Å². The van der Waals surface area contributed by atoms with Gasteiger partial charge in [0, 0.05) is 19.1 Å². The minimum absolute atomic E-state index is 0.0163. The summed E-state index contributed by atoms with van der Waals surface area (Å²) < 4.78 is 42.5. The number of hydrogen-bond acceptors (Lipinski definition) is 8. The second kappa shape index (κ2) is 11.1. The molecule has 2 N–H and O–H groups in total. The smallest absolute Gasteiger partial charge is 0.409 e. The number of aromatic nitrogens is 2. The van der Waals surface area contributed by atoms with E-state index in [1.807, 2.05) is 30.3 Å². The van der Waals surface area contributed by atoms with Crippen molar-refractivity contribution < 1.29 is 22.7 Å². The second-order valence-corrected chi connectivity index (χ2v) is 10.4. The number of carbonyl (C=O) groups is 2. The number of fused-ring (bicyclic) bond motifs is 1. The van der Waals surface area contributed by atoms with Crippen LogP contribution < -0.4 is 10.0 Å². The highest BCUT2D eigenvalue weighted by molar-refractivity contribution is 7.89. The van der Waals surface area contributed by atoms with Gasteiger partial charge in [0.1, 0.15) is 22.0 Å². The number of carbonyl (C=O) groups excluding carboxylic acids is 2. The molecule has 10 nitrogen and oxygen atoms in total. The highest BCUT2D eigenvalue weighted by atomic mass is 32.2. The summed E-state index contributed by atoms with van der Waals surface area (Å²) >= 11 is 0.931. The van der Waals surface area contributed by atoms with Crippen LogP contribution in [0.5, 0.6) is 0 Å². The number of piperidine rings is 1. The monoisotopic (exact) mass is 517 g/mol. The Labute approximate surface area is 208 Å². The first-order chi connectivity index (χ1) is 16.9. The number of nitrogens with one attached hydrogen (secondary N) is 2. The SMILES string of the molecule is CCOC(=O)N1CCC(NC(=O)[C@H](Cc2ccccc2)NS(=O)(=O)c2cccc3nsnc23)CC1. The number of benzene rings is 2. The van der Waals surface area contributed by atoms with Gasteiger partial charge in [-0.2, -0.15) is 13.5 Å². The van der Waals surface area contributed by atoms with Gasteiger partial charge in [0.05, 0.1) is 18.3 Å². The summed E-state index contributed by atoms with van der Waals surface area (Å²) in [6.07, 6.45) is 0.926. The average Bonchev–Trinajstić information content (AvgIpc) is 3.34. The fourth-order valence-corrected chi connectivity index (χ4v) is 5.97. The zero-order valence-electron chi connectivity index (χ0n) is 19.2. The van der Waals surface area contributed by atoms with Crippen LogP contribution in [0.25, 0.3) is 11.0 Å². The summed E-state index contributed by atoms with van der Waals surface area (Å²) in [5, 5.41) is 2.97. The molecule has 1 aromatic heterocycles. The third kappa shape index (κ3) is 6.13. The van der Waals surface area contributed by atoms with Crippen molar-refractivity contribution in [1.82, 2.24) is 23.7 Å². The summed E-state index contributed by atoms with van der Waals surface area (Å²) in [6, 6.07) is 12.8. The highest BCUT2D eigenvalue weighted by Crippen LogP contribution is 2.22. The van der Waals surface area contributed by atoms with Gasteiger partial charge in [-0.1, -0.05) is 36.4 Å². The van der Waals surface area contributed by atoms with E-state index in [0.29, 0.717) is 38.1 Å². The molecule has 2 heterocycles. The number of nitrogens with zero attached hydrogens (tertiary/aromatic N) is 3. The van der Waals surface area contributed by atoms with Crippen molar-refractivity contribution in [3.8, 4) is 0 Å². The van der Waals surface area contributed by atoms with Gasteiger partial charge in [-0.25, -0.2) is 13.2 Å². The van der Waals surface area contributed by atoms with E-state index in [1.165, 1.54) is 6.07 Å². The van der Waals surface area contributed by atoms with E-state index >= 15 is 0 Å². The van der Waals surface area contributed by atoms with E-state index in [-0.39, 0.29) is 29.0 Å². The molecule has 2 aromatic carbocycles. The minimum Gasteiger partial charge on any atom is -0.450 e. The maximum absolute atomic E-state index is 13.3. The predicted molar refractivity (Wildman–Crippen MR) is 131 cm³/mol. The quantitative estimate of drug-likeness (QED) is 0.469. The third-order valence-electron chi connectivity index (χ3n) is 5.80. The van der Waals surface area contributed by atoms with Crippen molar-refractivity contribution in [3.05, 3.63) is 54.1 Å². The molecule has 0 saturated carbocycles. The van der Waals surface area contributed by atoms with Crippen LogP contribution in [-0.4, -0.2) is 65.8 Å². The number of ether oxygens (including phenoxy) is 1. The Hall–Kier alpha value is -3.09. The Balaban J connectivity index is 1.49. The van der Waals surface area contributed by atoms with Crippen molar-refractivity contribution in [2.75, 3.05) is 19.7 Å². The first-order valence-corrected chi connectivity index (χ1v) is 13.6. The van der Waals surface area contributed by atoms with Gasteiger partial charge in [0.15, 0.2) is 0 Å². The van der Waals surface area contributed by atoms with Crippen molar-refractivity contribution in [1.29, 1.82) is 0 Å². The van der Waals surface area contributed by atoms with Gasteiger partial charge >= 0.3 is 6.09 Å². The molecule has 0 unspecified atom stereocenters. The summed E-state index contributed by atoms with van der Waals surface area (Å²) in [5.41, 5.74) is 1.58. The van der Waals surface area contributed by atoms with Crippen LogP contribution in [0.1, 0.15) is 25.3 Å². The van der Waals surface area contributed by atoms with Crippen LogP contribution in [0.4, 0.5) is 4.79 Å². The number of sulfonamides is 1. The molecule has 1 atom stereocenters. The van der Waals surface area contributed by atoms with Crippen LogP contribution in [0.3, 0.4) is 0 Å². The molecule has 12 heteroatoms. The summed E-state index contributed by atoms with van der Waals surface area (Å²) in [4.78, 5) is 26.8. The normalized spacial score (nSPS) is 15.6. The minimum atomic E-state index is -4.06. The lowest BCUT2D eigenvalue weighted by Crippen LogP contribution is -2.53. The maximum atomic E-state index is 13.3. The standard InChI is InChI=1S/C23H27N5O5S2/c1-2-33-23(30)28-13-11-17(12-14-28)24-22(29)19(15-16-7-4-3-5-8-16)27-35(31,32)20-10-6-9-18-21(20)26-34-25-18/h3-10,17,19,27H,2,11-15H2,1H3,(H,24,29)/t19-/m0/s1. The lowest BCUT2D eigenvalue weighted by atomic mass is 10.0. The Morgan fingerprint density at radius 1 is 1.11 bits per heavy atom. The van der Waals surface area contributed by atoms with Gasteiger partial charge < -0.3 is 15.0 Å². The Morgan fingerprint density at radius 3 is 2.57 bits per heavy atom. The summed E-state index contributed by atoms with van der Waals surface area (Å²) in [7, 11) is -4.06. The Morgan fingerprint density at radius 2 is 1.86 bits per heavy atom. The summed E-state index contributed by atoms with van der Waals surface area (Å²) in [6.45, 7) is 2.97. The van der Waals surface area contributed by atoms with Crippen LogP contribution in [-0.2, 0) is 26.0 Å². The fraction of sp³-hybridized carbons (Fsp3) is 0.391.